The van der Waals surface area contributed by atoms with Crippen molar-refractivity contribution in [2.45, 2.75) is 19.8 Å². The lowest BCUT2D eigenvalue weighted by molar-refractivity contribution is -0.136. The van der Waals surface area contributed by atoms with Crippen molar-refractivity contribution >= 4 is 17.6 Å². The zero-order valence-corrected chi connectivity index (χ0v) is 12.0. The van der Waals surface area contributed by atoms with E-state index in [1.165, 1.54) is 0 Å². The fourth-order valence-corrected chi connectivity index (χ4v) is 1.92. The average Bonchev–Trinajstić information content (AvgIpc) is 2.77. The van der Waals surface area contributed by atoms with Crippen molar-refractivity contribution in [3.63, 3.8) is 0 Å². The fourth-order valence-electron chi connectivity index (χ4n) is 1.92. The molecule has 21 heavy (non-hydrogen) atoms. The van der Waals surface area contributed by atoms with E-state index in [9.17, 15) is 9.59 Å². The van der Waals surface area contributed by atoms with E-state index in [0.29, 0.717) is 17.8 Å². The number of aromatic nitrogens is 2. The van der Waals surface area contributed by atoms with Crippen molar-refractivity contribution in [1.29, 1.82) is 0 Å². The highest BCUT2D eigenvalue weighted by molar-refractivity contribution is 6.02. The van der Waals surface area contributed by atoms with Crippen molar-refractivity contribution in [3.05, 3.63) is 47.3 Å². The van der Waals surface area contributed by atoms with Crippen molar-refractivity contribution in [3.8, 4) is 0 Å². The highest BCUT2D eigenvalue weighted by Gasteiger charge is 2.11. The van der Waals surface area contributed by atoms with Gasteiger partial charge in [-0.2, -0.15) is 5.10 Å². The Balaban J connectivity index is 2.07. The number of aliphatic carboxylic acids is 1. The van der Waals surface area contributed by atoms with Gasteiger partial charge in [0.15, 0.2) is 5.69 Å². The van der Waals surface area contributed by atoms with Gasteiger partial charge in [0.1, 0.15) is 0 Å². The SMILES string of the molecule is Cc1cc(C(=O)Nc2cccc(CCC(=O)O)c2)nn1C. The Morgan fingerprint density at radius 3 is 2.71 bits per heavy atom. The van der Waals surface area contributed by atoms with Crippen LogP contribution in [0.3, 0.4) is 0 Å². The molecular formula is C15H17N3O3. The van der Waals surface area contributed by atoms with Crippen LogP contribution >= 0.6 is 0 Å². The zero-order valence-electron chi connectivity index (χ0n) is 12.0. The van der Waals surface area contributed by atoms with Crippen molar-refractivity contribution in [1.82, 2.24) is 9.78 Å². The number of amides is 1. The number of benzene rings is 1. The maximum absolute atomic E-state index is 12.1. The Bertz CT molecular complexity index is 657. The van der Waals surface area contributed by atoms with Gasteiger partial charge in [0, 0.05) is 24.8 Å². The third-order valence-electron chi connectivity index (χ3n) is 3.16. The molecule has 6 heteroatoms. The molecule has 0 saturated heterocycles. The van der Waals surface area contributed by atoms with Crippen LogP contribution in [0.25, 0.3) is 0 Å². The lowest BCUT2D eigenvalue weighted by Crippen LogP contribution is -2.13. The molecule has 0 saturated carbocycles. The molecule has 0 aliphatic heterocycles. The molecule has 2 N–H and O–H groups in total. The Morgan fingerprint density at radius 1 is 1.33 bits per heavy atom. The molecule has 0 atom stereocenters. The summed E-state index contributed by atoms with van der Waals surface area (Å²) in [6.07, 6.45) is 0.499. The van der Waals surface area contributed by atoms with Crippen LogP contribution in [0, 0.1) is 6.92 Å². The maximum atomic E-state index is 12.1. The minimum absolute atomic E-state index is 0.0663. The van der Waals surface area contributed by atoms with Gasteiger partial charge in [-0.1, -0.05) is 12.1 Å². The third-order valence-corrected chi connectivity index (χ3v) is 3.16. The predicted octanol–water partition coefficient (Wildman–Crippen LogP) is 2.00. The molecule has 2 aromatic rings. The lowest BCUT2D eigenvalue weighted by atomic mass is 10.1. The summed E-state index contributed by atoms with van der Waals surface area (Å²) in [6, 6.07) is 8.87. The summed E-state index contributed by atoms with van der Waals surface area (Å²) in [5.74, 6) is -1.12. The first-order chi connectivity index (χ1) is 9.95. The van der Waals surface area contributed by atoms with Gasteiger partial charge in [-0.15, -0.1) is 0 Å². The van der Waals surface area contributed by atoms with Crippen LogP contribution in [-0.2, 0) is 18.3 Å². The first-order valence-corrected chi connectivity index (χ1v) is 6.58. The van der Waals surface area contributed by atoms with E-state index in [1.54, 1.807) is 36.0 Å². The second-order valence-corrected chi connectivity index (χ2v) is 4.84. The van der Waals surface area contributed by atoms with Crippen molar-refractivity contribution < 1.29 is 14.7 Å². The molecule has 0 aliphatic rings. The smallest absolute Gasteiger partial charge is 0.303 e. The number of nitrogens with zero attached hydrogens (tertiary/aromatic N) is 2. The summed E-state index contributed by atoms with van der Waals surface area (Å²) in [5.41, 5.74) is 2.75. The highest BCUT2D eigenvalue weighted by Crippen LogP contribution is 2.14. The van der Waals surface area contributed by atoms with E-state index >= 15 is 0 Å². The second kappa shape index (κ2) is 6.21. The normalized spacial score (nSPS) is 10.4. The summed E-state index contributed by atoms with van der Waals surface area (Å²) in [6.45, 7) is 1.87. The first-order valence-electron chi connectivity index (χ1n) is 6.58. The molecule has 0 radical (unpaired) electrons. The summed E-state index contributed by atoms with van der Waals surface area (Å²) in [4.78, 5) is 22.7. The summed E-state index contributed by atoms with van der Waals surface area (Å²) in [5, 5.41) is 15.6. The number of carbonyl (C=O) groups excluding carboxylic acids is 1. The van der Waals surface area contributed by atoms with E-state index in [-0.39, 0.29) is 12.3 Å². The standard InChI is InChI=1S/C15H17N3O3/c1-10-8-13(17-18(10)2)15(21)16-12-5-3-4-11(9-12)6-7-14(19)20/h3-5,8-9H,6-7H2,1-2H3,(H,16,21)(H,19,20). The Morgan fingerprint density at radius 2 is 2.10 bits per heavy atom. The minimum atomic E-state index is -0.839. The molecule has 1 aromatic heterocycles. The number of aryl methyl sites for hydroxylation is 3. The highest BCUT2D eigenvalue weighted by atomic mass is 16.4. The molecule has 0 spiro atoms. The minimum Gasteiger partial charge on any atom is -0.481 e. The molecule has 2 rings (SSSR count). The number of hydrogen-bond donors (Lipinski definition) is 2. The largest absolute Gasteiger partial charge is 0.481 e. The van der Waals surface area contributed by atoms with Crippen LogP contribution in [0.15, 0.2) is 30.3 Å². The molecule has 1 amide bonds. The zero-order chi connectivity index (χ0) is 15.4. The Hall–Kier alpha value is -2.63. The van der Waals surface area contributed by atoms with Crippen LogP contribution in [0.2, 0.25) is 0 Å². The van der Waals surface area contributed by atoms with Crippen LogP contribution in [0.1, 0.15) is 28.2 Å². The van der Waals surface area contributed by atoms with Gasteiger partial charge in [0.2, 0.25) is 0 Å². The van der Waals surface area contributed by atoms with Gasteiger partial charge in [-0.3, -0.25) is 14.3 Å². The number of anilines is 1. The number of carboxylic acids is 1. The molecule has 0 unspecified atom stereocenters. The van der Waals surface area contributed by atoms with Crippen LogP contribution < -0.4 is 5.32 Å². The van der Waals surface area contributed by atoms with Gasteiger partial charge >= 0.3 is 5.97 Å². The molecule has 0 bridgehead atoms. The number of carboxylic acid groups (broad SMARTS) is 1. The summed E-state index contributed by atoms with van der Waals surface area (Å²) < 4.78 is 1.64. The first kappa shape index (κ1) is 14.8. The predicted molar refractivity (Wildman–Crippen MR) is 78.3 cm³/mol. The van der Waals surface area contributed by atoms with Crippen LogP contribution in [0.4, 0.5) is 5.69 Å². The van der Waals surface area contributed by atoms with Gasteiger partial charge in [-0.05, 0) is 37.1 Å². The summed E-state index contributed by atoms with van der Waals surface area (Å²) >= 11 is 0. The van der Waals surface area contributed by atoms with Gasteiger partial charge in [0.05, 0.1) is 0 Å². The molecular weight excluding hydrogens is 270 g/mol. The molecule has 6 nitrogen and oxygen atoms in total. The molecule has 1 heterocycles. The van der Waals surface area contributed by atoms with Gasteiger partial charge in [-0.25, -0.2) is 0 Å². The van der Waals surface area contributed by atoms with Crippen LogP contribution in [0.5, 0.6) is 0 Å². The average molecular weight is 287 g/mol. The molecule has 0 aliphatic carbocycles. The van der Waals surface area contributed by atoms with E-state index in [1.807, 2.05) is 13.0 Å². The van der Waals surface area contributed by atoms with E-state index in [2.05, 4.69) is 10.4 Å². The van der Waals surface area contributed by atoms with Crippen LogP contribution in [-0.4, -0.2) is 26.8 Å². The fraction of sp³-hybridized carbons (Fsp3) is 0.267. The van der Waals surface area contributed by atoms with Crippen molar-refractivity contribution in [2.24, 2.45) is 7.05 Å². The second-order valence-electron chi connectivity index (χ2n) is 4.84. The molecule has 1 aromatic carbocycles. The number of nitrogens with one attached hydrogen (secondary N) is 1. The monoisotopic (exact) mass is 287 g/mol. The Labute approximate surface area is 122 Å². The Kier molecular flexibility index (Phi) is 4.37. The maximum Gasteiger partial charge on any atom is 0.303 e. The summed E-state index contributed by atoms with van der Waals surface area (Å²) in [7, 11) is 1.78. The van der Waals surface area contributed by atoms with Gasteiger partial charge < -0.3 is 10.4 Å². The van der Waals surface area contributed by atoms with Gasteiger partial charge in [0.25, 0.3) is 5.91 Å². The quantitative estimate of drug-likeness (QED) is 0.881. The molecule has 110 valence electrons. The third kappa shape index (κ3) is 3.92. The molecule has 0 fully saturated rings. The topological polar surface area (TPSA) is 84.2 Å². The number of rotatable bonds is 5. The van der Waals surface area contributed by atoms with E-state index < -0.39 is 5.97 Å². The van der Waals surface area contributed by atoms with E-state index in [4.69, 9.17) is 5.11 Å². The van der Waals surface area contributed by atoms with E-state index in [0.717, 1.165) is 11.3 Å². The number of carbonyl (C=O) groups is 2. The lowest BCUT2D eigenvalue weighted by Gasteiger charge is -2.05. The van der Waals surface area contributed by atoms with Crippen molar-refractivity contribution in [2.75, 3.05) is 5.32 Å². The number of hydrogen-bond acceptors (Lipinski definition) is 3.